The molecule has 120 valence electrons. The van der Waals surface area contributed by atoms with Crippen LogP contribution in [0.4, 0.5) is 5.69 Å². The summed E-state index contributed by atoms with van der Waals surface area (Å²) >= 11 is 0. The molecule has 1 unspecified atom stereocenters. The fourth-order valence-corrected chi connectivity index (χ4v) is 3.49. The van der Waals surface area contributed by atoms with Crippen molar-refractivity contribution in [2.75, 3.05) is 25.0 Å². The summed E-state index contributed by atoms with van der Waals surface area (Å²) in [5.74, 6) is 0.120. The number of nitrogens with zero attached hydrogens (tertiary/aromatic N) is 1. The molecule has 4 nitrogen and oxygen atoms in total. The molecule has 0 saturated carbocycles. The zero-order valence-corrected chi connectivity index (χ0v) is 13.3. The van der Waals surface area contributed by atoms with Crippen molar-refractivity contribution in [3.05, 3.63) is 29.8 Å². The SMILES string of the molecule is O=C(CC1CCCN1)Nc1cccc(CN2CCCCC2)c1. The van der Waals surface area contributed by atoms with E-state index in [2.05, 4.69) is 27.7 Å². The Kier molecular flexibility index (Phi) is 5.46. The topological polar surface area (TPSA) is 44.4 Å². The number of piperidine rings is 1. The molecule has 0 aliphatic carbocycles. The number of anilines is 1. The molecule has 4 heteroatoms. The molecule has 1 amide bonds. The Hall–Kier alpha value is -1.39. The minimum absolute atomic E-state index is 0.120. The molecule has 2 N–H and O–H groups in total. The molecule has 0 aromatic heterocycles. The number of rotatable bonds is 5. The molecule has 1 atom stereocenters. The van der Waals surface area contributed by atoms with Crippen molar-refractivity contribution in [2.45, 2.75) is 51.1 Å². The van der Waals surface area contributed by atoms with Gasteiger partial charge in [-0.3, -0.25) is 9.69 Å². The first-order valence-corrected chi connectivity index (χ1v) is 8.64. The zero-order chi connectivity index (χ0) is 15.2. The summed E-state index contributed by atoms with van der Waals surface area (Å²) in [6.07, 6.45) is 6.86. The van der Waals surface area contributed by atoms with Crippen LogP contribution in [0.5, 0.6) is 0 Å². The van der Waals surface area contributed by atoms with Gasteiger partial charge in [-0.15, -0.1) is 0 Å². The summed E-state index contributed by atoms with van der Waals surface area (Å²) in [6, 6.07) is 8.66. The van der Waals surface area contributed by atoms with Gasteiger partial charge in [0.2, 0.25) is 5.91 Å². The smallest absolute Gasteiger partial charge is 0.225 e. The minimum Gasteiger partial charge on any atom is -0.326 e. The number of hydrogen-bond donors (Lipinski definition) is 2. The Bertz CT molecular complexity index is 491. The van der Waals surface area contributed by atoms with E-state index >= 15 is 0 Å². The average molecular weight is 301 g/mol. The Labute approximate surface area is 133 Å². The van der Waals surface area contributed by atoms with Crippen LogP contribution in [-0.2, 0) is 11.3 Å². The van der Waals surface area contributed by atoms with E-state index in [1.54, 1.807) is 0 Å². The minimum atomic E-state index is 0.120. The highest BCUT2D eigenvalue weighted by atomic mass is 16.1. The van der Waals surface area contributed by atoms with Crippen LogP contribution in [0, 0.1) is 0 Å². The molecule has 1 aromatic carbocycles. The van der Waals surface area contributed by atoms with Gasteiger partial charge in [0.05, 0.1) is 0 Å². The van der Waals surface area contributed by atoms with Crippen LogP contribution in [0.25, 0.3) is 0 Å². The number of benzene rings is 1. The lowest BCUT2D eigenvalue weighted by Gasteiger charge is -2.26. The lowest BCUT2D eigenvalue weighted by molar-refractivity contribution is -0.116. The quantitative estimate of drug-likeness (QED) is 0.879. The van der Waals surface area contributed by atoms with E-state index in [4.69, 9.17) is 0 Å². The van der Waals surface area contributed by atoms with Crippen molar-refractivity contribution in [1.29, 1.82) is 0 Å². The van der Waals surface area contributed by atoms with Crippen LogP contribution in [0.2, 0.25) is 0 Å². The molecule has 1 aromatic rings. The zero-order valence-electron chi connectivity index (χ0n) is 13.3. The number of hydrogen-bond acceptors (Lipinski definition) is 3. The van der Waals surface area contributed by atoms with Crippen LogP contribution >= 0.6 is 0 Å². The molecule has 2 saturated heterocycles. The Balaban J connectivity index is 1.52. The van der Waals surface area contributed by atoms with Gasteiger partial charge in [-0.25, -0.2) is 0 Å². The summed E-state index contributed by atoms with van der Waals surface area (Å²) in [5.41, 5.74) is 2.22. The van der Waals surface area contributed by atoms with Gasteiger partial charge in [0.25, 0.3) is 0 Å². The number of carbonyl (C=O) groups excluding carboxylic acids is 1. The molecule has 2 fully saturated rings. The molecule has 0 radical (unpaired) electrons. The van der Waals surface area contributed by atoms with Crippen LogP contribution in [0.15, 0.2) is 24.3 Å². The molecule has 3 rings (SSSR count). The van der Waals surface area contributed by atoms with Gasteiger partial charge >= 0.3 is 0 Å². The normalized spacial score (nSPS) is 22.6. The fourth-order valence-electron chi connectivity index (χ4n) is 3.49. The fraction of sp³-hybridized carbons (Fsp3) is 0.611. The lowest BCUT2D eigenvalue weighted by Crippen LogP contribution is -2.29. The third kappa shape index (κ3) is 4.55. The largest absolute Gasteiger partial charge is 0.326 e. The van der Waals surface area contributed by atoms with E-state index in [1.807, 2.05) is 12.1 Å². The summed E-state index contributed by atoms with van der Waals surface area (Å²) in [7, 11) is 0. The average Bonchev–Trinajstić information content (AvgIpc) is 3.01. The van der Waals surface area contributed by atoms with Crippen molar-refractivity contribution in [1.82, 2.24) is 10.2 Å². The molecule has 2 heterocycles. The van der Waals surface area contributed by atoms with Gasteiger partial charge in [-0.2, -0.15) is 0 Å². The number of carbonyl (C=O) groups is 1. The van der Waals surface area contributed by atoms with Crippen molar-refractivity contribution >= 4 is 11.6 Å². The first-order valence-electron chi connectivity index (χ1n) is 8.64. The summed E-state index contributed by atoms with van der Waals surface area (Å²) in [6.45, 7) is 4.44. The van der Waals surface area contributed by atoms with Crippen LogP contribution in [0.3, 0.4) is 0 Å². The molecular weight excluding hydrogens is 274 g/mol. The number of nitrogens with one attached hydrogen (secondary N) is 2. The number of amides is 1. The second-order valence-electron chi connectivity index (χ2n) is 6.58. The Morgan fingerprint density at radius 2 is 2.09 bits per heavy atom. The van der Waals surface area contributed by atoms with Crippen molar-refractivity contribution in [3.63, 3.8) is 0 Å². The van der Waals surface area contributed by atoms with Crippen LogP contribution < -0.4 is 10.6 Å². The maximum atomic E-state index is 12.1. The Morgan fingerprint density at radius 3 is 2.86 bits per heavy atom. The standard InChI is InChI=1S/C18H27N3O/c22-18(13-16-8-5-9-19-16)20-17-7-4-6-15(12-17)14-21-10-2-1-3-11-21/h4,6-7,12,16,19H,1-3,5,8-11,13-14H2,(H,20,22). The van der Waals surface area contributed by atoms with Crippen molar-refractivity contribution < 1.29 is 4.79 Å². The molecule has 22 heavy (non-hydrogen) atoms. The van der Waals surface area contributed by atoms with Crippen LogP contribution in [0.1, 0.15) is 44.1 Å². The molecule has 2 aliphatic heterocycles. The third-order valence-corrected chi connectivity index (χ3v) is 4.66. The highest BCUT2D eigenvalue weighted by Gasteiger charge is 2.17. The second-order valence-corrected chi connectivity index (χ2v) is 6.58. The molecule has 0 bridgehead atoms. The second kappa shape index (κ2) is 7.75. The first kappa shape index (κ1) is 15.5. The summed E-state index contributed by atoms with van der Waals surface area (Å²) < 4.78 is 0. The van der Waals surface area contributed by atoms with E-state index < -0.39 is 0 Å². The van der Waals surface area contributed by atoms with Gasteiger partial charge in [0.15, 0.2) is 0 Å². The van der Waals surface area contributed by atoms with E-state index in [0.717, 1.165) is 25.2 Å². The lowest BCUT2D eigenvalue weighted by atomic mass is 10.1. The maximum absolute atomic E-state index is 12.1. The molecular formula is C18H27N3O. The molecule has 0 spiro atoms. The van der Waals surface area contributed by atoms with Gasteiger partial charge < -0.3 is 10.6 Å². The van der Waals surface area contributed by atoms with Crippen molar-refractivity contribution in [3.8, 4) is 0 Å². The highest BCUT2D eigenvalue weighted by molar-refractivity contribution is 5.91. The predicted octanol–water partition coefficient (Wildman–Crippen LogP) is 2.75. The summed E-state index contributed by atoms with van der Waals surface area (Å²) in [5, 5.41) is 6.42. The maximum Gasteiger partial charge on any atom is 0.225 e. The van der Waals surface area contributed by atoms with Crippen molar-refractivity contribution in [2.24, 2.45) is 0 Å². The third-order valence-electron chi connectivity index (χ3n) is 4.66. The van der Waals surface area contributed by atoms with E-state index in [9.17, 15) is 4.79 Å². The monoisotopic (exact) mass is 301 g/mol. The van der Waals surface area contributed by atoms with E-state index in [0.29, 0.717) is 12.5 Å². The van der Waals surface area contributed by atoms with E-state index in [-0.39, 0.29) is 5.91 Å². The predicted molar refractivity (Wildman–Crippen MR) is 89.8 cm³/mol. The van der Waals surface area contributed by atoms with Gasteiger partial charge in [-0.05, 0) is 63.0 Å². The van der Waals surface area contributed by atoms with Crippen LogP contribution in [-0.4, -0.2) is 36.5 Å². The summed E-state index contributed by atoms with van der Waals surface area (Å²) in [4.78, 5) is 14.6. The molecule has 2 aliphatic rings. The van der Waals surface area contributed by atoms with E-state index in [1.165, 1.54) is 44.3 Å². The van der Waals surface area contributed by atoms with Gasteiger partial charge in [-0.1, -0.05) is 18.6 Å². The first-order chi connectivity index (χ1) is 10.8. The Morgan fingerprint density at radius 1 is 1.23 bits per heavy atom. The highest BCUT2D eigenvalue weighted by Crippen LogP contribution is 2.17. The number of likely N-dealkylation sites (tertiary alicyclic amines) is 1. The van der Waals surface area contributed by atoms with Gasteiger partial charge in [0, 0.05) is 24.7 Å². The van der Waals surface area contributed by atoms with Gasteiger partial charge in [0.1, 0.15) is 0 Å².